The molecule has 0 N–H and O–H groups in total. The molecule has 0 unspecified atom stereocenters. The van der Waals surface area contributed by atoms with Gasteiger partial charge in [0.25, 0.3) is 0 Å². The lowest BCUT2D eigenvalue weighted by Gasteiger charge is -2.08. The van der Waals surface area contributed by atoms with Gasteiger partial charge in [-0.1, -0.05) is 15.9 Å². The molecule has 1 atom stereocenters. The number of nitrogens with zero attached hydrogens (tertiary/aromatic N) is 2. The SMILES string of the molecule is O=C1[C@H](Br)CCN1c1ncco1. The Morgan fingerprint density at radius 3 is 3.08 bits per heavy atom. The zero-order valence-electron chi connectivity index (χ0n) is 6.24. The van der Waals surface area contributed by atoms with Crippen molar-refractivity contribution in [2.75, 3.05) is 11.4 Å². The monoisotopic (exact) mass is 230 g/mol. The Kier molecular flexibility index (Phi) is 1.88. The molecule has 4 nitrogen and oxygen atoms in total. The van der Waals surface area contributed by atoms with Crippen LogP contribution in [0.3, 0.4) is 0 Å². The average molecular weight is 231 g/mol. The second-order valence-electron chi connectivity index (χ2n) is 2.56. The summed E-state index contributed by atoms with van der Waals surface area (Å²) in [6.45, 7) is 0.676. The molecular formula is C7H7BrN2O2. The summed E-state index contributed by atoms with van der Waals surface area (Å²) in [5, 5.41) is 0. The summed E-state index contributed by atoms with van der Waals surface area (Å²) >= 11 is 3.27. The van der Waals surface area contributed by atoms with Crippen LogP contribution >= 0.6 is 15.9 Å². The highest BCUT2D eigenvalue weighted by Crippen LogP contribution is 2.23. The first kappa shape index (κ1) is 7.79. The summed E-state index contributed by atoms with van der Waals surface area (Å²) in [6, 6.07) is 0.391. The lowest BCUT2D eigenvalue weighted by atomic mass is 10.4. The van der Waals surface area contributed by atoms with Crippen LogP contribution in [0.15, 0.2) is 16.9 Å². The van der Waals surface area contributed by atoms with Gasteiger partial charge in [0.1, 0.15) is 6.26 Å². The molecule has 1 fully saturated rings. The molecule has 64 valence electrons. The number of oxazole rings is 1. The molecular weight excluding hydrogens is 224 g/mol. The minimum Gasteiger partial charge on any atom is -0.432 e. The van der Waals surface area contributed by atoms with Crippen molar-refractivity contribution >= 4 is 27.9 Å². The normalized spacial score (nSPS) is 23.6. The molecule has 1 aromatic rings. The molecule has 0 bridgehead atoms. The third kappa shape index (κ3) is 1.14. The number of hydrogen-bond acceptors (Lipinski definition) is 3. The van der Waals surface area contributed by atoms with Crippen molar-refractivity contribution in [3.63, 3.8) is 0 Å². The zero-order valence-corrected chi connectivity index (χ0v) is 7.82. The molecule has 5 heteroatoms. The molecule has 0 spiro atoms. The molecule has 0 radical (unpaired) electrons. The summed E-state index contributed by atoms with van der Waals surface area (Å²) < 4.78 is 5.01. The summed E-state index contributed by atoms with van der Waals surface area (Å²) in [4.78, 5) is 16.7. The molecule has 2 rings (SSSR count). The van der Waals surface area contributed by atoms with Crippen LogP contribution in [0, 0.1) is 0 Å². The number of rotatable bonds is 1. The minimum atomic E-state index is -0.0793. The second-order valence-corrected chi connectivity index (χ2v) is 3.67. The fourth-order valence-electron chi connectivity index (χ4n) is 1.18. The topological polar surface area (TPSA) is 46.3 Å². The van der Waals surface area contributed by atoms with Gasteiger partial charge in [0.2, 0.25) is 5.91 Å². The average Bonchev–Trinajstić information content (AvgIpc) is 2.64. The van der Waals surface area contributed by atoms with Crippen LogP contribution in [-0.2, 0) is 4.79 Å². The summed E-state index contributed by atoms with van der Waals surface area (Å²) in [5.41, 5.74) is 0. The van der Waals surface area contributed by atoms with E-state index in [0.29, 0.717) is 12.6 Å². The molecule has 1 aliphatic rings. The first-order valence-corrected chi connectivity index (χ1v) is 4.55. The van der Waals surface area contributed by atoms with Crippen LogP contribution in [0.2, 0.25) is 0 Å². The Bertz CT molecular complexity index is 286. The Morgan fingerprint density at radius 1 is 1.75 bits per heavy atom. The van der Waals surface area contributed by atoms with Crippen LogP contribution in [0.25, 0.3) is 0 Å². The third-order valence-electron chi connectivity index (χ3n) is 1.79. The van der Waals surface area contributed by atoms with Gasteiger partial charge in [-0.3, -0.25) is 9.69 Å². The Balaban J connectivity index is 2.22. The van der Waals surface area contributed by atoms with Crippen LogP contribution in [0.5, 0.6) is 0 Å². The number of aromatic nitrogens is 1. The maximum atomic E-state index is 11.4. The molecule has 2 heterocycles. The van der Waals surface area contributed by atoms with Crippen molar-refractivity contribution in [3.05, 3.63) is 12.5 Å². The maximum Gasteiger partial charge on any atom is 0.304 e. The molecule has 0 saturated carbocycles. The predicted octanol–water partition coefficient (Wildman–Crippen LogP) is 1.17. The zero-order chi connectivity index (χ0) is 8.55. The van der Waals surface area contributed by atoms with Crippen molar-refractivity contribution in [1.29, 1.82) is 0 Å². The van der Waals surface area contributed by atoms with Crippen molar-refractivity contribution < 1.29 is 9.21 Å². The molecule has 1 amide bonds. The minimum absolute atomic E-state index is 0.0254. The lowest BCUT2D eigenvalue weighted by Crippen LogP contribution is -2.27. The van der Waals surface area contributed by atoms with Gasteiger partial charge in [-0.2, -0.15) is 0 Å². The molecule has 12 heavy (non-hydrogen) atoms. The second kappa shape index (κ2) is 2.90. The summed E-state index contributed by atoms with van der Waals surface area (Å²) in [6.07, 6.45) is 3.80. The van der Waals surface area contributed by atoms with Crippen molar-refractivity contribution in [2.24, 2.45) is 0 Å². The Hall–Kier alpha value is -0.840. The van der Waals surface area contributed by atoms with Crippen molar-refractivity contribution in [3.8, 4) is 0 Å². The predicted molar refractivity (Wildman–Crippen MR) is 46.2 cm³/mol. The van der Waals surface area contributed by atoms with Crippen LogP contribution in [0.4, 0.5) is 6.01 Å². The fourth-order valence-corrected chi connectivity index (χ4v) is 1.64. The van der Waals surface area contributed by atoms with E-state index >= 15 is 0 Å². The highest BCUT2D eigenvalue weighted by atomic mass is 79.9. The van der Waals surface area contributed by atoms with Crippen LogP contribution in [-0.4, -0.2) is 22.3 Å². The van der Waals surface area contributed by atoms with Crippen LogP contribution < -0.4 is 4.90 Å². The fraction of sp³-hybridized carbons (Fsp3) is 0.429. The largest absolute Gasteiger partial charge is 0.432 e. The van der Waals surface area contributed by atoms with Crippen molar-refractivity contribution in [2.45, 2.75) is 11.2 Å². The number of amides is 1. The van der Waals surface area contributed by atoms with Gasteiger partial charge in [-0.05, 0) is 6.42 Å². The maximum absolute atomic E-state index is 11.4. The van der Waals surface area contributed by atoms with E-state index in [1.807, 2.05) is 0 Å². The highest BCUT2D eigenvalue weighted by molar-refractivity contribution is 9.10. The van der Waals surface area contributed by atoms with E-state index in [0.717, 1.165) is 6.42 Å². The smallest absolute Gasteiger partial charge is 0.304 e. The van der Waals surface area contributed by atoms with E-state index in [1.165, 1.54) is 12.5 Å². The number of halogens is 1. The molecule has 1 saturated heterocycles. The van der Waals surface area contributed by atoms with E-state index in [2.05, 4.69) is 20.9 Å². The quantitative estimate of drug-likeness (QED) is 0.681. The number of hydrogen-bond donors (Lipinski definition) is 0. The Morgan fingerprint density at radius 2 is 2.58 bits per heavy atom. The first-order chi connectivity index (χ1) is 5.79. The van der Waals surface area contributed by atoms with Gasteiger partial charge in [0, 0.05) is 6.54 Å². The van der Waals surface area contributed by atoms with Crippen LogP contribution in [0.1, 0.15) is 6.42 Å². The van der Waals surface area contributed by atoms with Gasteiger partial charge in [0.15, 0.2) is 0 Å². The van der Waals surface area contributed by atoms with E-state index in [4.69, 9.17) is 4.42 Å². The molecule has 0 aromatic carbocycles. The van der Waals surface area contributed by atoms with E-state index < -0.39 is 0 Å². The van der Waals surface area contributed by atoms with Gasteiger partial charge in [-0.25, -0.2) is 4.98 Å². The van der Waals surface area contributed by atoms with Gasteiger partial charge < -0.3 is 4.42 Å². The number of carbonyl (C=O) groups excluding carboxylic acids is 1. The molecule has 0 aliphatic carbocycles. The first-order valence-electron chi connectivity index (χ1n) is 3.64. The van der Waals surface area contributed by atoms with E-state index in [-0.39, 0.29) is 10.7 Å². The number of alkyl halides is 1. The summed E-state index contributed by atoms with van der Waals surface area (Å²) in [7, 11) is 0. The molecule has 1 aromatic heterocycles. The molecule has 1 aliphatic heterocycles. The van der Waals surface area contributed by atoms with Crippen molar-refractivity contribution in [1.82, 2.24) is 4.98 Å². The highest BCUT2D eigenvalue weighted by Gasteiger charge is 2.32. The van der Waals surface area contributed by atoms with Gasteiger partial charge in [0.05, 0.1) is 11.0 Å². The van der Waals surface area contributed by atoms with E-state index in [9.17, 15) is 4.79 Å². The standard InChI is InChI=1S/C7H7BrN2O2/c8-5-1-3-10(6(5)11)7-9-2-4-12-7/h2,4-5H,1,3H2/t5-/m1/s1. The Labute approximate surface area is 77.7 Å². The van der Waals surface area contributed by atoms with E-state index in [1.54, 1.807) is 4.90 Å². The number of anilines is 1. The van der Waals surface area contributed by atoms with Gasteiger partial charge >= 0.3 is 6.01 Å². The number of carbonyl (C=O) groups is 1. The summed E-state index contributed by atoms with van der Waals surface area (Å²) in [5.74, 6) is 0.0254. The lowest BCUT2D eigenvalue weighted by molar-refractivity contribution is -0.116. The van der Waals surface area contributed by atoms with Gasteiger partial charge in [-0.15, -0.1) is 0 Å². The third-order valence-corrected chi connectivity index (χ3v) is 2.64.